The van der Waals surface area contributed by atoms with Crippen LogP contribution >= 0.6 is 0 Å². The van der Waals surface area contributed by atoms with Crippen molar-refractivity contribution in [3.63, 3.8) is 0 Å². The molecule has 0 aromatic carbocycles. The molecule has 0 aliphatic carbocycles. The number of nitrogens with zero attached hydrogens (tertiary/aromatic N) is 2. The first-order chi connectivity index (χ1) is 7.43. The smallest absolute Gasteiger partial charge is 0.320 e. The summed E-state index contributed by atoms with van der Waals surface area (Å²) in [6.07, 6.45) is 5.14. The maximum atomic E-state index is 11.8. The Morgan fingerprint density at radius 2 is 2.06 bits per heavy atom. The molecular formula is C11H18N2O3. The number of carboxylic acids is 1. The molecule has 2 amide bonds. The van der Waals surface area contributed by atoms with Gasteiger partial charge in [0.25, 0.3) is 0 Å². The highest BCUT2D eigenvalue weighted by molar-refractivity contribution is 5.76. The second-order valence-corrected chi connectivity index (χ2v) is 3.62. The Labute approximate surface area is 96.0 Å². The molecule has 0 rings (SSSR count). The fraction of sp³-hybridized carbons (Fsp3) is 0.636. The summed E-state index contributed by atoms with van der Waals surface area (Å²) in [7, 11) is 1.57. The van der Waals surface area contributed by atoms with E-state index in [0.29, 0.717) is 6.54 Å². The van der Waals surface area contributed by atoms with E-state index in [2.05, 4.69) is 5.92 Å². The van der Waals surface area contributed by atoms with Crippen LogP contribution in [0.2, 0.25) is 0 Å². The molecule has 5 nitrogen and oxygen atoms in total. The SMILES string of the molecule is C#CCN(CC)C(=O)N(C)CC(C)C(=O)O. The van der Waals surface area contributed by atoms with Crippen molar-refractivity contribution in [3.8, 4) is 12.3 Å². The third kappa shape index (κ3) is 4.22. The Morgan fingerprint density at radius 1 is 1.50 bits per heavy atom. The minimum absolute atomic E-state index is 0.176. The van der Waals surface area contributed by atoms with Gasteiger partial charge in [-0.3, -0.25) is 4.79 Å². The van der Waals surface area contributed by atoms with Crippen LogP contribution in [0.4, 0.5) is 4.79 Å². The quantitative estimate of drug-likeness (QED) is 0.702. The lowest BCUT2D eigenvalue weighted by Crippen LogP contribution is -2.43. The van der Waals surface area contributed by atoms with Crippen molar-refractivity contribution in [2.24, 2.45) is 5.92 Å². The second-order valence-electron chi connectivity index (χ2n) is 3.62. The molecule has 0 aliphatic heterocycles. The van der Waals surface area contributed by atoms with Crippen LogP contribution in [0.25, 0.3) is 0 Å². The van der Waals surface area contributed by atoms with Crippen molar-refractivity contribution in [2.45, 2.75) is 13.8 Å². The third-order valence-corrected chi connectivity index (χ3v) is 2.23. The Hall–Kier alpha value is -1.70. The lowest BCUT2D eigenvalue weighted by atomic mass is 10.2. The van der Waals surface area contributed by atoms with Gasteiger partial charge in [0.15, 0.2) is 0 Å². The van der Waals surface area contributed by atoms with Gasteiger partial charge in [-0.1, -0.05) is 12.8 Å². The molecule has 0 aromatic rings. The van der Waals surface area contributed by atoms with E-state index in [1.54, 1.807) is 14.0 Å². The Morgan fingerprint density at radius 3 is 2.44 bits per heavy atom. The summed E-state index contributed by atoms with van der Waals surface area (Å²) in [5.41, 5.74) is 0. The van der Waals surface area contributed by atoms with Crippen LogP contribution in [0.5, 0.6) is 0 Å². The molecule has 16 heavy (non-hydrogen) atoms. The molecule has 1 unspecified atom stereocenters. The van der Waals surface area contributed by atoms with Crippen molar-refractivity contribution in [2.75, 3.05) is 26.7 Å². The van der Waals surface area contributed by atoms with Crippen LogP contribution < -0.4 is 0 Å². The average Bonchev–Trinajstić information content (AvgIpc) is 2.24. The summed E-state index contributed by atoms with van der Waals surface area (Å²) in [6.45, 7) is 4.30. The number of hydrogen-bond acceptors (Lipinski definition) is 2. The van der Waals surface area contributed by atoms with Gasteiger partial charge in [-0.25, -0.2) is 4.79 Å². The van der Waals surface area contributed by atoms with Gasteiger partial charge >= 0.3 is 12.0 Å². The van der Waals surface area contributed by atoms with Gasteiger partial charge in [-0.05, 0) is 6.92 Å². The van der Waals surface area contributed by atoms with E-state index >= 15 is 0 Å². The molecular weight excluding hydrogens is 208 g/mol. The van der Waals surface area contributed by atoms with Crippen LogP contribution in [-0.2, 0) is 4.79 Å². The molecule has 0 fully saturated rings. The highest BCUT2D eigenvalue weighted by Crippen LogP contribution is 2.02. The molecule has 0 aromatic heterocycles. The standard InChI is InChI=1S/C11H18N2O3/c1-5-7-13(6-2)11(16)12(4)8-9(3)10(14)15/h1,9H,6-8H2,2-4H3,(H,14,15). The number of terminal acetylenes is 1. The van der Waals surface area contributed by atoms with Crippen molar-refractivity contribution in [1.29, 1.82) is 0 Å². The van der Waals surface area contributed by atoms with Gasteiger partial charge in [-0.15, -0.1) is 6.42 Å². The molecule has 0 bridgehead atoms. The van der Waals surface area contributed by atoms with Gasteiger partial charge in [-0.2, -0.15) is 0 Å². The molecule has 90 valence electrons. The topological polar surface area (TPSA) is 60.9 Å². The van der Waals surface area contributed by atoms with E-state index in [4.69, 9.17) is 11.5 Å². The van der Waals surface area contributed by atoms with Crippen LogP contribution in [0.15, 0.2) is 0 Å². The molecule has 0 aliphatic rings. The summed E-state index contributed by atoms with van der Waals surface area (Å²) in [4.78, 5) is 25.3. The van der Waals surface area contributed by atoms with Crippen LogP contribution in [-0.4, -0.2) is 53.6 Å². The van der Waals surface area contributed by atoms with E-state index in [9.17, 15) is 9.59 Å². The molecule has 0 spiro atoms. The molecule has 0 heterocycles. The fourth-order valence-corrected chi connectivity index (χ4v) is 1.23. The molecule has 0 saturated heterocycles. The Bertz CT molecular complexity index is 296. The van der Waals surface area contributed by atoms with E-state index in [1.807, 2.05) is 6.92 Å². The first-order valence-corrected chi connectivity index (χ1v) is 5.10. The summed E-state index contributed by atoms with van der Waals surface area (Å²) in [6, 6.07) is -0.242. The van der Waals surface area contributed by atoms with Crippen molar-refractivity contribution < 1.29 is 14.7 Å². The minimum Gasteiger partial charge on any atom is -0.481 e. The predicted octanol–water partition coefficient (Wildman–Crippen LogP) is 0.714. The van der Waals surface area contributed by atoms with Gasteiger partial charge in [0.05, 0.1) is 12.5 Å². The van der Waals surface area contributed by atoms with Gasteiger partial charge in [0.1, 0.15) is 0 Å². The normalized spacial score (nSPS) is 11.4. The van der Waals surface area contributed by atoms with Crippen molar-refractivity contribution >= 4 is 12.0 Å². The molecule has 1 atom stereocenters. The van der Waals surface area contributed by atoms with Gasteiger partial charge in [0.2, 0.25) is 0 Å². The number of carbonyl (C=O) groups excluding carboxylic acids is 1. The first kappa shape index (κ1) is 14.3. The van der Waals surface area contributed by atoms with Gasteiger partial charge < -0.3 is 14.9 Å². The lowest BCUT2D eigenvalue weighted by molar-refractivity contribution is -0.141. The van der Waals surface area contributed by atoms with Gasteiger partial charge in [0, 0.05) is 20.1 Å². The van der Waals surface area contributed by atoms with E-state index in [-0.39, 0.29) is 19.1 Å². The summed E-state index contributed by atoms with van der Waals surface area (Å²) < 4.78 is 0. The Balaban J connectivity index is 4.37. The summed E-state index contributed by atoms with van der Waals surface area (Å²) in [5.74, 6) is 0.891. The number of carbonyl (C=O) groups is 2. The number of carboxylic acid groups (broad SMARTS) is 1. The summed E-state index contributed by atoms with van der Waals surface area (Å²) in [5, 5.41) is 8.73. The molecule has 5 heteroatoms. The first-order valence-electron chi connectivity index (χ1n) is 5.10. The maximum absolute atomic E-state index is 11.8. The van der Waals surface area contributed by atoms with E-state index < -0.39 is 11.9 Å². The molecule has 0 saturated carbocycles. The monoisotopic (exact) mass is 226 g/mol. The molecule has 1 N–H and O–H groups in total. The number of urea groups is 1. The molecule has 0 radical (unpaired) electrons. The zero-order valence-electron chi connectivity index (χ0n) is 9.93. The zero-order chi connectivity index (χ0) is 12.7. The number of aliphatic carboxylic acids is 1. The highest BCUT2D eigenvalue weighted by Gasteiger charge is 2.20. The van der Waals surface area contributed by atoms with E-state index in [1.165, 1.54) is 9.80 Å². The largest absolute Gasteiger partial charge is 0.481 e. The average molecular weight is 226 g/mol. The van der Waals surface area contributed by atoms with Crippen LogP contribution in [0, 0.1) is 18.3 Å². The van der Waals surface area contributed by atoms with Crippen molar-refractivity contribution in [3.05, 3.63) is 0 Å². The number of rotatable bonds is 5. The van der Waals surface area contributed by atoms with E-state index in [0.717, 1.165) is 0 Å². The maximum Gasteiger partial charge on any atom is 0.320 e. The zero-order valence-corrected chi connectivity index (χ0v) is 9.93. The van der Waals surface area contributed by atoms with Crippen LogP contribution in [0.1, 0.15) is 13.8 Å². The second kappa shape index (κ2) is 6.72. The summed E-state index contributed by atoms with van der Waals surface area (Å²) >= 11 is 0. The van der Waals surface area contributed by atoms with Crippen LogP contribution in [0.3, 0.4) is 0 Å². The minimum atomic E-state index is -0.917. The highest BCUT2D eigenvalue weighted by atomic mass is 16.4. The Kier molecular flexibility index (Phi) is 6.01. The predicted molar refractivity (Wildman–Crippen MR) is 60.9 cm³/mol. The van der Waals surface area contributed by atoms with Crippen molar-refractivity contribution in [1.82, 2.24) is 9.80 Å². The fourth-order valence-electron chi connectivity index (χ4n) is 1.23. The lowest BCUT2D eigenvalue weighted by Gasteiger charge is -2.26. The third-order valence-electron chi connectivity index (χ3n) is 2.23. The number of amides is 2. The number of hydrogen-bond donors (Lipinski definition) is 1.